The molecular weight excluding hydrogens is 409 g/mol. The lowest BCUT2D eigenvalue weighted by atomic mass is 10.2. The SMILES string of the molecule is CSc1ccc(CN2CC[C@@H](NS(=O)(=O)c3cccc(C(F)(F)F)c3)C2)cc1. The monoisotopic (exact) mass is 430 g/mol. The zero-order chi connectivity index (χ0) is 20.4. The van der Waals surface area contributed by atoms with Crippen molar-refractivity contribution in [2.75, 3.05) is 19.3 Å². The predicted molar refractivity (Wildman–Crippen MR) is 104 cm³/mol. The Bertz CT molecular complexity index is 916. The van der Waals surface area contributed by atoms with Crippen LogP contribution in [-0.4, -0.2) is 38.7 Å². The molecule has 0 unspecified atom stereocenters. The van der Waals surface area contributed by atoms with Crippen molar-refractivity contribution < 1.29 is 21.6 Å². The molecule has 1 atom stereocenters. The van der Waals surface area contributed by atoms with Crippen molar-refractivity contribution in [1.82, 2.24) is 9.62 Å². The quantitative estimate of drug-likeness (QED) is 0.705. The summed E-state index contributed by atoms with van der Waals surface area (Å²) in [6.07, 6.45) is -1.96. The third-order valence-electron chi connectivity index (χ3n) is 4.63. The van der Waals surface area contributed by atoms with Crippen LogP contribution in [0.3, 0.4) is 0 Å². The summed E-state index contributed by atoms with van der Waals surface area (Å²) in [6.45, 7) is 1.94. The highest BCUT2D eigenvalue weighted by Crippen LogP contribution is 2.30. The maximum absolute atomic E-state index is 12.8. The minimum atomic E-state index is -4.58. The van der Waals surface area contributed by atoms with E-state index in [2.05, 4.69) is 9.62 Å². The van der Waals surface area contributed by atoms with Crippen LogP contribution in [0, 0.1) is 0 Å². The minimum absolute atomic E-state index is 0.329. The van der Waals surface area contributed by atoms with Crippen LogP contribution in [0.15, 0.2) is 58.3 Å². The average molecular weight is 431 g/mol. The van der Waals surface area contributed by atoms with Gasteiger partial charge in [-0.3, -0.25) is 4.90 Å². The Labute approximate surface area is 167 Å². The Morgan fingerprint density at radius 1 is 1.18 bits per heavy atom. The number of hydrogen-bond acceptors (Lipinski definition) is 4. The molecule has 2 aromatic rings. The summed E-state index contributed by atoms with van der Waals surface area (Å²) in [5, 5.41) is 0. The van der Waals surface area contributed by atoms with Gasteiger partial charge in [-0.25, -0.2) is 13.1 Å². The summed E-state index contributed by atoms with van der Waals surface area (Å²) in [6, 6.07) is 11.7. The fourth-order valence-corrected chi connectivity index (χ4v) is 4.90. The molecule has 0 bridgehead atoms. The molecule has 9 heteroatoms. The maximum atomic E-state index is 12.8. The first-order chi connectivity index (χ1) is 13.2. The van der Waals surface area contributed by atoms with E-state index in [1.165, 1.54) is 11.0 Å². The van der Waals surface area contributed by atoms with Crippen molar-refractivity contribution in [3.8, 4) is 0 Å². The highest BCUT2D eigenvalue weighted by Gasteiger charge is 2.32. The normalized spacial score (nSPS) is 18.5. The summed E-state index contributed by atoms with van der Waals surface area (Å²) in [4.78, 5) is 2.94. The molecule has 0 radical (unpaired) electrons. The van der Waals surface area contributed by atoms with E-state index in [9.17, 15) is 21.6 Å². The van der Waals surface area contributed by atoms with Crippen LogP contribution in [0.1, 0.15) is 17.5 Å². The van der Waals surface area contributed by atoms with E-state index in [0.717, 1.165) is 24.2 Å². The van der Waals surface area contributed by atoms with Crippen LogP contribution in [0.2, 0.25) is 0 Å². The topological polar surface area (TPSA) is 49.4 Å². The number of hydrogen-bond donors (Lipinski definition) is 1. The second-order valence-corrected chi connectivity index (χ2v) is 9.31. The molecule has 28 heavy (non-hydrogen) atoms. The molecular formula is C19H21F3N2O2S2. The molecule has 1 aliphatic heterocycles. The Kier molecular flexibility index (Phi) is 6.38. The van der Waals surface area contributed by atoms with Gasteiger partial charge in [0.1, 0.15) is 0 Å². The average Bonchev–Trinajstić information content (AvgIpc) is 3.08. The van der Waals surface area contributed by atoms with E-state index in [1.807, 2.05) is 30.5 Å². The standard InChI is InChI=1S/C19H21F3N2O2S2/c1-27-17-7-5-14(6-8-17)12-24-10-9-16(13-24)23-28(25,26)18-4-2-3-15(11-18)19(20,21)22/h2-8,11,16,23H,9-10,12-13H2,1H3/t16-/m1/s1. The number of rotatable bonds is 6. The second kappa shape index (κ2) is 8.44. The maximum Gasteiger partial charge on any atom is 0.416 e. The molecule has 1 saturated heterocycles. The van der Waals surface area contributed by atoms with E-state index < -0.39 is 21.8 Å². The van der Waals surface area contributed by atoms with Crippen LogP contribution in [0.4, 0.5) is 13.2 Å². The molecule has 1 aliphatic rings. The van der Waals surface area contributed by atoms with E-state index in [-0.39, 0.29) is 10.9 Å². The van der Waals surface area contributed by atoms with Gasteiger partial charge in [-0.15, -0.1) is 11.8 Å². The first kappa shape index (κ1) is 21.2. The highest BCUT2D eigenvalue weighted by atomic mass is 32.2. The molecule has 0 saturated carbocycles. The van der Waals surface area contributed by atoms with Gasteiger partial charge in [-0.2, -0.15) is 13.2 Å². The lowest BCUT2D eigenvalue weighted by Gasteiger charge is -2.17. The minimum Gasteiger partial charge on any atom is -0.297 e. The molecule has 2 aromatic carbocycles. The van der Waals surface area contributed by atoms with Gasteiger partial charge in [0, 0.05) is 30.6 Å². The highest BCUT2D eigenvalue weighted by molar-refractivity contribution is 7.98. The molecule has 1 heterocycles. The summed E-state index contributed by atoms with van der Waals surface area (Å²) >= 11 is 1.67. The second-order valence-electron chi connectivity index (χ2n) is 6.72. The molecule has 1 fully saturated rings. The molecule has 0 spiro atoms. The molecule has 1 N–H and O–H groups in total. The Hall–Kier alpha value is -1.55. The molecule has 4 nitrogen and oxygen atoms in total. The van der Waals surface area contributed by atoms with Gasteiger partial charge in [0.2, 0.25) is 10.0 Å². The van der Waals surface area contributed by atoms with Crippen molar-refractivity contribution >= 4 is 21.8 Å². The zero-order valence-corrected chi connectivity index (χ0v) is 16.9. The number of likely N-dealkylation sites (tertiary alicyclic amines) is 1. The summed E-state index contributed by atoms with van der Waals surface area (Å²) in [7, 11) is -4.01. The first-order valence-corrected chi connectivity index (χ1v) is 11.4. The van der Waals surface area contributed by atoms with E-state index >= 15 is 0 Å². The van der Waals surface area contributed by atoms with Crippen molar-refractivity contribution in [3.63, 3.8) is 0 Å². The van der Waals surface area contributed by atoms with Crippen LogP contribution in [-0.2, 0) is 22.7 Å². The van der Waals surface area contributed by atoms with Crippen LogP contribution < -0.4 is 4.72 Å². The number of nitrogens with zero attached hydrogens (tertiary/aromatic N) is 1. The third kappa shape index (κ3) is 5.28. The van der Waals surface area contributed by atoms with E-state index in [4.69, 9.17) is 0 Å². The van der Waals surface area contributed by atoms with Gasteiger partial charge in [-0.1, -0.05) is 18.2 Å². The van der Waals surface area contributed by atoms with Gasteiger partial charge in [-0.05, 0) is 48.6 Å². The fourth-order valence-electron chi connectivity index (χ4n) is 3.19. The molecule has 3 rings (SSSR count). The van der Waals surface area contributed by atoms with Crippen molar-refractivity contribution in [2.45, 2.75) is 35.0 Å². The van der Waals surface area contributed by atoms with E-state index in [0.29, 0.717) is 25.6 Å². The largest absolute Gasteiger partial charge is 0.416 e. The summed E-state index contributed by atoms with van der Waals surface area (Å²) in [5.74, 6) is 0. The fraction of sp³-hybridized carbons (Fsp3) is 0.368. The Morgan fingerprint density at radius 2 is 1.89 bits per heavy atom. The van der Waals surface area contributed by atoms with Crippen molar-refractivity contribution in [2.24, 2.45) is 0 Å². The number of thioether (sulfide) groups is 1. The van der Waals surface area contributed by atoms with E-state index in [1.54, 1.807) is 11.8 Å². The number of benzene rings is 2. The van der Waals surface area contributed by atoms with Crippen LogP contribution in [0.5, 0.6) is 0 Å². The smallest absolute Gasteiger partial charge is 0.297 e. The van der Waals surface area contributed by atoms with Crippen molar-refractivity contribution in [1.29, 1.82) is 0 Å². The van der Waals surface area contributed by atoms with Crippen LogP contribution >= 0.6 is 11.8 Å². The van der Waals surface area contributed by atoms with Gasteiger partial charge in [0.15, 0.2) is 0 Å². The van der Waals surface area contributed by atoms with Crippen molar-refractivity contribution in [3.05, 3.63) is 59.7 Å². The van der Waals surface area contributed by atoms with Gasteiger partial charge in [0.05, 0.1) is 10.5 Å². The Balaban J connectivity index is 1.62. The molecule has 0 aromatic heterocycles. The number of sulfonamides is 1. The lowest BCUT2D eigenvalue weighted by Crippen LogP contribution is -2.37. The first-order valence-electron chi connectivity index (χ1n) is 8.72. The lowest BCUT2D eigenvalue weighted by molar-refractivity contribution is -0.137. The number of nitrogens with one attached hydrogen (secondary N) is 1. The number of halogens is 3. The number of alkyl halides is 3. The summed E-state index contributed by atoms with van der Waals surface area (Å²) < 4.78 is 66.1. The summed E-state index contributed by atoms with van der Waals surface area (Å²) in [5.41, 5.74) is 0.163. The molecule has 152 valence electrons. The van der Waals surface area contributed by atoms with Crippen LogP contribution in [0.25, 0.3) is 0 Å². The molecule has 0 aliphatic carbocycles. The zero-order valence-electron chi connectivity index (χ0n) is 15.2. The molecule has 0 amide bonds. The van der Waals surface area contributed by atoms with Gasteiger partial charge < -0.3 is 0 Å². The van der Waals surface area contributed by atoms with Gasteiger partial charge >= 0.3 is 6.18 Å². The third-order valence-corrected chi connectivity index (χ3v) is 6.89. The Morgan fingerprint density at radius 3 is 2.54 bits per heavy atom. The predicted octanol–water partition coefficient (Wildman–Crippen LogP) is 3.98. The van der Waals surface area contributed by atoms with Gasteiger partial charge in [0.25, 0.3) is 0 Å².